The molecule has 0 aromatic carbocycles. The van der Waals surface area contributed by atoms with Crippen molar-refractivity contribution in [3.05, 3.63) is 0 Å². The van der Waals surface area contributed by atoms with Gasteiger partial charge in [-0.1, -0.05) is 19.8 Å². The van der Waals surface area contributed by atoms with E-state index < -0.39 is 5.41 Å². The number of hydrogen-bond acceptors (Lipinski definition) is 3. The van der Waals surface area contributed by atoms with Gasteiger partial charge in [-0.05, 0) is 75.0 Å². The molecular formula is C22H28N2O. The third-order valence-corrected chi connectivity index (χ3v) is 9.03. The Balaban J connectivity index is 1.49. The first-order chi connectivity index (χ1) is 12.0. The molecule has 6 saturated carbocycles. The summed E-state index contributed by atoms with van der Waals surface area (Å²) in [5.74, 6) is 2.90. The number of carbonyl (C=O) groups is 1. The smallest absolute Gasteiger partial charge is 0.160 e. The summed E-state index contributed by atoms with van der Waals surface area (Å²) in [6, 6.07) is 4.72. The van der Waals surface area contributed by atoms with Crippen LogP contribution < -0.4 is 0 Å². The van der Waals surface area contributed by atoms with Crippen molar-refractivity contribution in [2.24, 2.45) is 45.8 Å². The van der Waals surface area contributed by atoms with E-state index in [1.54, 1.807) is 0 Å². The Morgan fingerprint density at radius 3 is 1.84 bits per heavy atom. The molecule has 3 heteroatoms. The van der Waals surface area contributed by atoms with Gasteiger partial charge in [0.25, 0.3) is 0 Å². The second-order valence-electron chi connectivity index (χ2n) is 10.4. The van der Waals surface area contributed by atoms with Crippen molar-refractivity contribution in [3.8, 4) is 12.1 Å². The fourth-order valence-corrected chi connectivity index (χ4v) is 8.10. The van der Waals surface area contributed by atoms with E-state index in [1.807, 2.05) is 0 Å². The van der Waals surface area contributed by atoms with Crippen molar-refractivity contribution in [1.29, 1.82) is 10.5 Å². The second-order valence-corrected chi connectivity index (χ2v) is 10.4. The number of ketones is 1. The third kappa shape index (κ3) is 1.83. The van der Waals surface area contributed by atoms with E-state index >= 15 is 0 Å². The maximum absolute atomic E-state index is 13.8. The Morgan fingerprint density at radius 1 is 0.920 bits per heavy atom. The van der Waals surface area contributed by atoms with Crippen LogP contribution in [0, 0.1) is 68.5 Å². The van der Waals surface area contributed by atoms with Crippen molar-refractivity contribution < 1.29 is 4.79 Å². The Labute approximate surface area is 150 Å². The molecular weight excluding hydrogens is 308 g/mol. The van der Waals surface area contributed by atoms with Crippen molar-refractivity contribution in [3.63, 3.8) is 0 Å². The Bertz CT molecular complexity index is 651. The predicted molar refractivity (Wildman–Crippen MR) is 92.8 cm³/mol. The second kappa shape index (κ2) is 4.88. The molecule has 1 spiro atoms. The van der Waals surface area contributed by atoms with Gasteiger partial charge in [-0.15, -0.1) is 0 Å². The number of carbonyl (C=O) groups excluding carboxylic acids is 1. The molecule has 132 valence electrons. The normalized spacial score (nSPS) is 51.7. The summed E-state index contributed by atoms with van der Waals surface area (Å²) < 4.78 is 0. The summed E-state index contributed by atoms with van der Waals surface area (Å²) in [7, 11) is 0. The van der Waals surface area contributed by atoms with Gasteiger partial charge in [0.1, 0.15) is 5.78 Å². The minimum absolute atomic E-state index is 0.176. The Hall–Kier alpha value is -1.35. The molecule has 0 saturated heterocycles. The van der Waals surface area contributed by atoms with Crippen LogP contribution >= 0.6 is 0 Å². The Morgan fingerprint density at radius 2 is 1.40 bits per heavy atom. The minimum Gasteiger partial charge on any atom is -0.299 e. The quantitative estimate of drug-likeness (QED) is 0.738. The first-order valence-electron chi connectivity index (χ1n) is 10.4. The maximum Gasteiger partial charge on any atom is 0.160 e. The summed E-state index contributed by atoms with van der Waals surface area (Å²) >= 11 is 0. The summed E-state index contributed by atoms with van der Waals surface area (Å²) in [6.45, 7) is 2.26. The third-order valence-electron chi connectivity index (χ3n) is 9.03. The van der Waals surface area contributed by atoms with Crippen molar-refractivity contribution in [1.82, 2.24) is 0 Å². The van der Waals surface area contributed by atoms with Crippen LogP contribution in [0.3, 0.4) is 0 Å². The van der Waals surface area contributed by atoms with E-state index in [0.717, 1.165) is 62.7 Å². The van der Waals surface area contributed by atoms with E-state index in [1.165, 1.54) is 19.3 Å². The lowest BCUT2D eigenvalue weighted by Gasteiger charge is -2.56. The van der Waals surface area contributed by atoms with Crippen LogP contribution in [0.2, 0.25) is 0 Å². The SMILES string of the molecule is CC1CCC2(CC1)[C@H](C(=O)C13CC4CC(CC(C4)C1)C3)C2(C#N)C#N. The first-order valence-corrected chi connectivity index (χ1v) is 10.4. The van der Waals surface area contributed by atoms with Crippen molar-refractivity contribution >= 4 is 5.78 Å². The average Bonchev–Trinajstić information content (AvgIpc) is 3.16. The van der Waals surface area contributed by atoms with Gasteiger partial charge in [0, 0.05) is 10.8 Å². The van der Waals surface area contributed by atoms with Crippen LogP contribution in [0.5, 0.6) is 0 Å². The highest BCUT2D eigenvalue weighted by atomic mass is 16.1. The minimum atomic E-state index is -1.02. The molecule has 0 unspecified atom stereocenters. The van der Waals surface area contributed by atoms with Crippen LogP contribution in [0.25, 0.3) is 0 Å². The molecule has 0 N–H and O–H groups in total. The van der Waals surface area contributed by atoms with Crippen LogP contribution in [0.15, 0.2) is 0 Å². The van der Waals surface area contributed by atoms with Gasteiger partial charge in [-0.3, -0.25) is 4.79 Å². The largest absolute Gasteiger partial charge is 0.299 e. The highest BCUT2D eigenvalue weighted by Crippen LogP contribution is 2.77. The molecule has 1 atom stereocenters. The number of Topliss-reactive ketones (excluding diaryl/α,β-unsaturated/α-hetero) is 1. The van der Waals surface area contributed by atoms with E-state index in [2.05, 4.69) is 19.1 Å². The Kier molecular flexibility index (Phi) is 3.10. The van der Waals surface area contributed by atoms with Crippen LogP contribution in [0.4, 0.5) is 0 Å². The molecule has 0 aromatic heterocycles. The number of nitrogens with zero attached hydrogens (tertiary/aromatic N) is 2. The molecule has 0 radical (unpaired) electrons. The van der Waals surface area contributed by atoms with Gasteiger partial charge in [0.05, 0.1) is 18.1 Å². The number of nitriles is 2. The molecule has 0 heterocycles. The maximum atomic E-state index is 13.8. The zero-order chi connectivity index (χ0) is 17.4. The molecule has 6 fully saturated rings. The van der Waals surface area contributed by atoms with E-state index in [9.17, 15) is 15.3 Å². The van der Waals surface area contributed by atoms with Crippen molar-refractivity contribution in [2.75, 3.05) is 0 Å². The lowest BCUT2D eigenvalue weighted by molar-refractivity contribution is -0.146. The van der Waals surface area contributed by atoms with Crippen LogP contribution in [0.1, 0.15) is 71.1 Å². The monoisotopic (exact) mass is 336 g/mol. The standard InChI is InChI=1S/C22H28N2O/c1-14-2-4-21(5-3-14)18(22(21,12-23)13-24)19(25)20-9-15-6-16(10-20)8-17(7-15)11-20/h14-18H,2-11H2,1H3/t14?,15?,16?,17?,18-,20?,21?/m0/s1. The zero-order valence-corrected chi connectivity index (χ0v) is 15.3. The fraction of sp³-hybridized carbons (Fsp3) is 0.864. The lowest BCUT2D eigenvalue weighted by Crippen LogP contribution is -2.51. The summed E-state index contributed by atoms with van der Waals surface area (Å²) in [4.78, 5) is 13.8. The number of rotatable bonds is 2. The zero-order valence-electron chi connectivity index (χ0n) is 15.3. The number of hydrogen-bond donors (Lipinski definition) is 0. The van der Waals surface area contributed by atoms with Gasteiger partial charge in [0.15, 0.2) is 5.41 Å². The predicted octanol–water partition coefficient (Wildman–Crippen LogP) is 4.63. The molecule has 6 aliphatic rings. The molecule has 6 rings (SSSR count). The highest BCUT2D eigenvalue weighted by molar-refractivity contribution is 5.94. The van der Waals surface area contributed by atoms with E-state index in [4.69, 9.17) is 0 Å². The summed E-state index contributed by atoms with van der Waals surface area (Å²) in [5, 5.41) is 19.8. The molecule has 0 amide bonds. The van der Waals surface area contributed by atoms with Gasteiger partial charge >= 0.3 is 0 Å². The molecule has 4 bridgehead atoms. The van der Waals surface area contributed by atoms with Crippen molar-refractivity contribution in [2.45, 2.75) is 71.1 Å². The topological polar surface area (TPSA) is 64.7 Å². The lowest BCUT2D eigenvalue weighted by atomic mass is 9.48. The molecule has 0 aliphatic heterocycles. The summed E-state index contributed by atoms with van der Waals surface area (Å²) in [5.41, 5.74) is -1.51. The van der Waals surface area contributed by atoms with Gasteiger partial charge in [-0.25, -0.2) is 0 Å². The highest BCUT2D eigenvalue weighted by Gasteiger charge is 2.82. The van der Waals surface area contributed by atoms with E-state index in [0.29, 0.717) is 11.7 Å². The molecule has 25 heavy (non-hydrogen) atoms. The first kappa shape index (κ1) is 15.9. The van der Waals surface area contributed by atoms with Crippen LogP contribution in [-0.4, -0.2) is 5.78 Å². The summed E-state index contributed by atoms with van der Waals surface area (Å²) in [6.07, 6.45) is 11.0. The van der Waals surface area contributed by atoms with Gasteiger partial charge in [-0.2, -0.15) is 10.5 Å². The molecule has 0 aromatic rings. The molecule has 6 aliphatic carbocycles. The molecule has 3 nitrogen and oxygen atoms in total. The fourth-order valence-electron chi connectivity index (χ4n) is 8.10. The van der Waals surface area contributed by atoms with Gasteiger partial charge < -0.3 is 0 Å². The van der Waals surface area contributed by atoms with Gasteiger partial charge in [0.2, 0.25) is 0 Å². The van der Waals surface area contributed by atoms with E-state index in [-0.39, 0.29) is 16.7 Å². The average molecular weight is 336 g/mol. The van der Waals surface area contributed by atoms with Crippen LogP contribution in [-0.2, 0) is 4.79 Å².